The van der Waals surface area contributed by atoms with Gasteiger partial charge in [-0.3, -0.25) is 9.69 Å². The molecular formula is C34H31Cl2NO5. The number of carboxylic acid groups (broad SMARTS) is 1. The Balaban J connectivity index is 1.17. The van der Waals surface area contributed by atoms with E-state index in [-0.39, 0.29) is 12.1 Å². The predicted octanol–water partition coefficient (Wildman–Crippen LogP) is 8.05. The predicted molar refractivity (Wildman–Crippen MR) is 163 cm³/mol. The molecular weight excluding hydrogens is 573 g/mol. The zero-order valence-electron chi connectivity index (χ0n) is 23.1. The number of aliphatic carboxylic acids is 1. The van der Waals surface area contributed by atoms with Crippen LogP contribution in [0.3, 0.4) is 0 Å². The number of hydrogen-bond acceptors (Lipinski definition) is 5. The first-order chi connectivity index (χ1) is 20.4. The molecule has 4 aromatic carbocycles. The third-order valence-electron chi connectivity index (χ3n) is 7.99. The first-order valence-electron chi connectivity index (χ1n) is 14.0. The molecule has 0 spiro atoms. The van der Waals surface area contributed by atoms with Gasteiger partial charge >= 0.3 is 5.97 Å². The van der Waals surface area contributed by atoms with Gasteiger partial charge in [-0.25, -0.2) is 0 Å². The quantitative estimate of drug-likeness (QED) is 0.220. The van der Waals surface area contributed by atoms with Crippen molar-refractivity contribution >= 4 is 29.2 Å². The van der Waals surface area contributed by atoms with Gasteiger partial charge in [-0.15, -0.1) is 0 Å². The molecule has 2 heterocycles. The number of ether oxygens (including phenoxy) is 3. The van der Waals surface area contributed by atoms with Gasteiger partial charge in [0, 0.05) is 12.6 Å². The van der Waals surface area contributed by atoms with Crippen LogP contribution in [0, 0.1) is 0 Å². The summed E-state index contributed by atoms with van der Waals surface area (Å²) in [6.45, 7) is 3.35. The summed E-state index contributed by atoms with van der Waals surface area (Å²) < 4.78 is 18.5. The van der Waals surface area contributed by atoms with E-state index in [1.807, 2.05) is 60.7 Å². The Labute approximate surface area is 255 Å². The lowest BCUT2D eigenvalue weighted by Crippen LogP contribution is -2.47. The van der Waals surface area contributed by atoms with Crippen molar-refractivity contribution in [3.8, 4) is 17.2 Å². The van der Waals surface area contributed by atoms with Crippen LogP contribution in [0.2, 0.25) is 10.0 Å². The van der Waals surface area contributed by atoms with Crippen LogP contribution in [0.15, 0.2) is 84.9 Å². The average Bonchev–Trinajstić information content (AvgIpc) is 3.01. The topological polar surface area (TPSA) is 68.2 Å². The van der Waals surface area contributed by atoms with Crippen LogP contribution in [0.25, 0.3) is 0 Å². The van der Waals surface area contributed by atoms with Gasteiger partial charge in [0.15, 0.2) is 17.6 Å². The Hall–Kier alpha value is -3.71. The lowest BCUT2D eigenvalue weighted by Gasteiger charge is -2.40. The average molecular weight is 605 g/mol. The standard InChI is InChI=1S/C34H31Cl2NO5/c1-2-29(22-6-4-3-5-7-22)37-18-25-17-32-31(16-24(25)15-30(37)34(38)39)41-20-33(42-32)23-9-11-26(12-10-23)40-19-21-8-13-27(35)28(36)14-21/h3-14,16-17,29-30,33H,2,15,18-20H2,1H3,(H,38,39)/t29-,30-,33+/m0/s1. The molecule has 8 heteroatoms. The van der Waals surface area contributed by atoms with Crippen molar-refractivity contribution in [2.24, 2.45) is 0 Å². The second-order valence-corrected chi connectivity index (χ2v) is 11.5. The van der Waals surface area contributed by atoms with E-state index < -0.39 is 12.0 Å². The minimum atomic E-state index is -0.811. The largest absolute Gasteiger partial charge is 0.489 e. The van der Waals surface area contributed by atoms with Crippen molar-refractivity contribution in [1.82, 2.24) is 4.90 Å². The van der Waals surface area contributed by atoms with E-state index in [9.17, 15) is 9.90 Å². The molecule has 2 aliphatic heterocycles. The van der Waals surface area contributed by atoms with Crippen molar-refractivity contribution in [2.45, 2.75) is 51.1 Å². The molecule has 6 rings (SSSR count). The minimum Gasteiger partial charge on any atom is -0.489 e. The molecule has 0 saturated carbocycles. The Morgan fingerprint density at radius 1 is 0.976 bits per heavy atom. The number of carbonyl (C=O) groups is 1. The van der Waals surface area contributed by atoms with Gasteiger partial charge in [0.25, 0.3) is 0 Å². The maximum Gasteiger partial charge on any atom is 0.321 e. The molecule has 0 bridgehead atoms. The zero-order chi connectivity index (χ0) is 29.2. The number of carboxylic acids is 1. The van der Waals surface area contributed by atoms with E-state index in [0.717, 1.165) is 40.0 Å². The molecule has 6 nitrogen and oxygen atoms in total. The van der Waals surface area contributed by atoms with E-state index >= 15 is 0 Å². The first kappa shape index (κ1) is 28.4. The van der Waals surface area contributed by atoms with Crippen LogP contribution in [-0.4, -0.2) is 28.6 Å². The lowest BCUT2D eigenvalue weighted by molar-refractivity contribution is -0.145. The highest BCUT2D eigenvalue weighted by molar-refractivity contribution is 6.42. The summed E-state index contributed by atoms with van der Waals surface area (Å²) in [6.07, 6.45) is 0.944. The van der Waals surface area contributed by atoms with Crippen LogP contribution in [-0.2, 0) is 24.4 Å². The number of nitrogens with zero attached hydrogens (tertiary/aromatic N) is 1. The number of fused-ring (bicyclic) bond motifs is 2. The molecule has 0 aromatic heterocycles. The highest BCUT2D eigenvalue weighted by Gasteiger charge is 2.37. The molecule has 0 amide bonds. The third kappa shape index (κ3) is 5.93. The van der Waals surface area contributed by atoms with Crippen molar-refractivity contribution in [3.63, 3.8) is 0 Å². The van der Waals surface area contributed by atoms with Gasteiger partial charge in [0.1, 0.15) is 25.0 Å². The number of benzene rings is 4. The smallest absolute Gasteiger partial charge is 0.321 e. The van der Waals surface area contributed by atoms with Gasteiger partial charge in [-0.05, 0) is 77.1 Å². The first-order valence-corrected chi connectivity index (χ1v) is 14.8. The molecule has 42 heavy (non-hydrogen) atoms. The zero-order valence-corrected chi connectivity index (χ0v) is 24.6. The van der Waals surface area contributed by atoms with E-state index in [0.29, 0.717) is 47.7 Å². The van der Waals surface area contributed by atoms with Crippen LogP contribution < -0.4 is 14.2 Å². The molecule has 4 aromatic rings. The SMILES string of the molecule is CC[C@@H](c1ccccc1)N1Cc2cc3c(cc2C[C@H]1C(=O)O)OC[C@H](c1ccc(OCc2ccc(Cl)c(Cl)c2)cc1)O3. The van der Waals surface area contributed by atoms with E-state index in [1.54, 1.807) is 12.1 Å². The molecule has 216 valence electrons. The van der Waals surface area contributed by atoms with Crippen LogP contribution >= 0.6 is 23.2 Å². The van der Waals surface area contributed by atoms with Crippen LogP contribution in [0.4, 0.5) is 0 Å². The molecule has 2 aliphatic rings. The minimum absolute atomic E-state index is 0.00110. The van der Waals surface area contributed by atoms with Crippen molar-refractivity contribution in [2.75, 3.05) is 6.61 Å². The van der Waals surface area contributed by atoms with Crippen molar-refractivity contribution in [1.29, 1.82) is 0 Å². The van der Waals surface area contributed by atoms with Crippen molar-refractivity contribution < 1.29 is 24.1 Å². The van der Waals surface area contributed by atoms with Crippen LogP contribution in [0.1, 0.15) is 53.3 Å². The maximum absolute atomic E-state index is 12.4. The molecule has 1 N–H and O–H groups in total. The normalized spacial score (nSPS) is 18.6. The monoisotopic (exact) mass is 603 g/mol. The Bertz CT molecular complexity index is 1580. The van der Waals surface area contributed by atoms with Crippen molar-refractivity contribution in [3.05, 3.63) is 123 Å². The summed E-state index contributed by atoms with van der Waals surface area (Å²) in [6, 6.07) is 26.7. The third-order valence-corrected chi connectivity index (χ3v) is 8.73. The Morgan fingerprint density at radius 3 is 2.45 bits per heavy atom. The molecule has 0 radical (unpaired) electrons. The van der Waals surface area contributed by atoms with Gasteiger partial charge in [0.2, 0.25) is 0 Å². The highest BCUT2D eigenvalue weighted by Crippen LogP contribution is 2.42. The Kier molecular flexibility index (Phi) is 8.29. The number of rotatable bonds is 8. The van der Waals surface area contributed by atoms with E-state index in [1.165, 1.54) is 0 Å². The number of halogens is 2. The maximum atomic E-state index is 12.4. The summed E-state index contributed by atoms with van der Waals surface area (Å²) in [5.41, 5.74) is 5.08. The summed E-state index contributed by atoms with van der Waals surface area (Å²) in [5, 5.41) is 11.2. The Morgan fingerprint density at radius 2 is 1.74 bits per heavy atom. The fourth-order valence-corrected chi connectivity index (χ4v) is 6.12. The lowest BCUT2D eigenvalue weighted by atomic mass is 9.89. The van der Waals surface area contributed by atoms with E-state index in [4.69, 9.17) is 37.4 Å². The fraction of sp³-hybridized carbons (Fsp3) is 0.265. The van der Waals surface area contributed by atoms with Gasteiger partial charge in [0.05, 0.1) is 10.0 Å². The van der Waals surface area contributed by atoms with Crippen LogP contribution in [0.5, 0.6) is 17.2 Å². The summed E-state index contributed by atoms with van der Waals surface area (Å²) in [7, 11) is 0. The van der Waals surface area contributed by atoms with E-state index in [2.05, 4.69) is 24.0 Å². The second kappa shape index (κ2) is 12.3. The summed E-state index contributed by atoms with van der Waals surface area (Å²) >= 11 is 12.1. The summed E-state index contributed by atoms with van der Waals surface area (Å²) in [5.74, 6) is 1.24. The summed E-state index contributed by atoms with van der Waals surface area (Å²) in [4.78, 5) is 14.5. The molecule has 0 unspecified atom stereocenters. The highest BCUT2D eigenvalue weighted by atomic mass is 35.5. The second-order valence-electron chi connectivity index (χ2n) is 10.7. The fourth-order valence-electron chi connectivity index (χ4n) is 5.80. The molecule has 0 saturated heterocycles. The van der Waals surface area contributed by atoms with Gasteiger partial charge < -0.3 is 19.3 Å². The molecule has 0 aliphatic carbocycles. The van der Waals surface area contributed by atoms with Gasteiger partial charge in [-0.1, -0.05) is 78.7 Å². The van der Waals surface area contributed by atoms with Gasteiger partial charge in [-0.2, -0.15) is 0 Å². The molecule has 3 atom stereocenters. The molecule has 0 fully saturated rings. The number of hydrogen-bond donors (Lipinski definition) is 1.